The van der Waals surface area contributed by atoms with E-state index in [0.717, 1.165) is 11.8 Å². The number of ether oxygens (including phenoxy) is 2. The van der Waals surface area contributed by atoms with Gasteiger partial charge in [-0.1, -0.05) is 31.2 Å². The molecular weight excluding hydrogens is 228 g/mol. The van der Waals surface area contributed by atoms with E-state index in [4.69, 9.17) is 9.47 Å². The lowest BCUT2D eigenvalue weighted by atomic mass is 9.96. The van der Waals surface area contributed by atoms with Crippen LogP contribution in [0.25, 0.3) is 0 Å². The van der Waals surface area contributed by atoms with Crippen molar-refractivity contribution in [3.63, 3.8) is 0 Å². The zero-order chi connectivity index (χ0) is 13.2. The molecule has 0 amide bonds. The molecule has 2 atom stereocenters. The van der Waals surface area contributed by atoms with Gasteiger partial charge in [-0.25, -0.2) is 0 Å². The number of carbonyl (C=O) groups excluding carboxylic acids is 1. The SMILES string of the molecule is CC(CC=O)c1ccc(C2COC(C)(C)O2)cc1. The van der Waals surface area contributed by atoms with Crippen molar-refractivity contribution >= 4 is 6.29 Å². The molecular formula is C15H20O3. The molecule has 1 fully saturated rings. The van der Waals surface area contributed by atoms with Gasteiger partial charge in [-0.05, 0) is 30.9 Å². The minimum absolute atomic E-state index is 0.00965. The predicted octanol–water partition coefficient (Wildman–Crippen LogP) is 3.20. The van der Waals surface area contributed by atoms with E-state index >= 15 is 0 Å². The van der Waals surface area contributed by atoms with Crippen molar-refractivity contribution in [1.29, 1.82) is 0 Å². The molecule has 0 bridgehead atoms. The zero-order valence-corrected chi connectivity index (χ0v) is 11.2. The van der Waals surface area contributed by atoms with Crippen LogP contribution in [-0.2, 0) is 14.3 Å². The van der Waals surface area contributed by atoms with Gasteiger partial charge >= 0.3 is 0 Å². The molecule has 1 saturated heterocycles. The molecule has 0 N–H and O–H groups in total. The van der Waals surface area contributed by atoms with Crippen LogP contribution in [0.2, 0.25) is 0 Å². The Morgan fingerprint density at radius 3 is 2.56 bits per heavy atom. The van der Waals surface area contributed by atoms with Gasteiger partial charge in [0.05, 0.1) is 6.61 Å². The molecule has 2 unspecified atom stereocenters. The molecule has 98 valence electrons. The van der Waals surface area contributed by atoms with Gasteiger partial charge in [0.1, 0.15) is 12.4 Å². The van der Waals surface area contributed by atoms with Crippen molar-refractivity contribution in [3.8, 4) is 0 Å². The van der Waals surface area contributed by atoms with Gasteiger partial charge in [0.15, 0.2) is 5.79 Å². The average molecular weight is 248 g/mol. The average Bonchev–Trinajstić information content (AvgIpc) is 2.70. The van der Waals surface area contributed by atoms with E-state index < -0.39 is 5.79 Å². The topological polar surface area (TPSA) is 35.5 Å². The highest BCUT2D eigenvalue weighted by atomic mass is 16.7. The third-order valence-electron chi connectivity index (χ3n) is 3.34. The Morgan fingerprint density at radius 2 is 2.06 bits per heavy atom. The molecule has 1 aromatic rings. The molecule has 0 aliphatic carbocycles. The number of hydrogen-bond acceptors (Lipinski definition) is 3. The van der Waals surface area contributed by atoms with Crippen LogP contribution >= 0.6 is 0 Å². The van der Waals surface area contributed by atoms with E-state index in [0.29, 0.717) is 13.0 Å². The van der Waals surface area contributed by atoms with Crippen molar-refractivity contribution in [3.05, 3.63) is 35.4 Å². The molecule has 1 heterocycles. The quantitative estimate of drug-likeness (QED) is 0.767. The van der Waals surface area contributed by atoms with Gasteiger partial charge in [0, 0.05) is 6.42 Å². The zero-order valence-electron chi connectivity index (χ0n) is 11.2. The fourth-order valence-electron chi connectivity index (χ4n) is 2.17. The summed E-state index contributed by atoms with van der Waals surface area (Å²) in [5, 5.41) is 0. The van der Waals surface area contributed by atoms with E-state index in [2.05, 4.69) is 31.2 Å². The minimum atomic E-state index is -0.492. The summed E-state index contributed by atoms with van der Waals surface area (Å²) in [6.07, 6.45) is 1.54. The maximum Gasteiger partial charge on any atom is 0.163 e. The number of benzene rings is 1. The van der Waals surface area contributed by atoms with Crippen LogP contribution in [0.5, 0.6) is 0 Å². The van der Waals surface area contributed by atoms with Crippen LogP contribution in [0, 0.1) is 0 Å². The lowest BCUT2D eigenvalue weighted by Gasteiger charge is -2.17. The first-order valence-corrected chi connectivity index (χ1v) is 6.37. The van der Waals surface area contributed by atoms with Gasteiger partial charge in [0.2, 0.25) is 0 Å². The van der Waals surface area contributed by atoms with E-state index in [9.17, 15) is 4.79 Å². The van der Waals surface area contributed by atoms with Gasteiger partial charge < -0.3 is 14.3 Å². The van der Waals surface area contributed by atoms with Crippen LogP contribution < -0.4 is 0 Å². The van der Waals surface area contributed by atoms with E-state index in [1.807, 2.05) is 13.8 Å². The van der Waals surface area contributed by atoms with Crippen LogP contribution in [0.3, 0.4) is 0 Å². The number of rotatable bonds is 4. The number of carbonyl (C=O) groups is 1. The first-order valence-electron chi connectivity index (χ1n) is 6.37. The molecule has 0 radical (unpaired) electrons. The van der Waals surface area contributed by atoms with E-state index in [-0.39, 0.29) is 12.0 Å². The van der Waals surface area contributed by atoms with Crippen LogP contribution in [0.15, 0.2) is 24.3 Å². The van der Waals surface area contributed by atoms with Crippen LogP contribution in [0.1, 0.15) is 50.3 Å². The van der Waals surface area contributed by atoms with Crippen molar-refractivity contribution in [1.82, 2.24) is 0 Å². The second-order valence-electron chi connectivity index (χ2n) is 5.29. The summed E-state index contributed by atoms with van der Waals surface area (Å²) in [6, 6.07) is 8.26. The molecule has 0 saturated carbocycles. The molecule has 0 spiro atoms. The Balaban J connectivity index is 2.06. The summed E-state index contributed by atoms with van der Waals surface area (Å²) in [6.45, 7) is 6.50. The summed E-state index contributed by atoms with van der Waals surface area (Å²) >= 11 is 0. The summed E-state index contributed by atoms with van der Waals surface area (Å²) in [5.74, 6) is -0.220. The normalized spacial score (nSPS) is 23.8. The Kier molecular flexibility index (Phi) is 3.83. The first kappa shape index (κ1) is 13.2. The van der Waals surface area contributed by atoms with E-state index in [1.165, 1.54) is 5.56 Å². The lowest BCUT2D eigenvalue weighted by molar-refractivity contribution is -0.139. The lowest BCUT2D eigenvalue weighted by Crippen LogP contribution is -2.19. The highest BCUT2D eigenvalue weighted by Gasteiger charge is 2.33. The fraction of sp³-hybridized carbons (Fsp3) is 0.533. The van der Waals surface area contributed by atoms with Gasteiger partial charge in [0.25, 0.3) is 0 Å². The Morgan fingerprint density at radius 1 is 1.39 bits per heavy atom. The molecule has 18 heavy (non-hydrogen) atoms. The van der Waals surface area contributed by atoms with Crippen LogP contribution in [-0.4, -0.2) is 18.7 Å². The third kappa shape index (κ3) is 2.98. The molecule has 2 rings (SSSR count). The van der Waals surface area contributed by atoms with Gasteiger partial charge in [-0.2, -0.15) is 0 Å². The monoisotopic (exact) mass is 248 g/mol. The highest BCUT2D eigenvalue weighted by Crippen LogP contribution is 2.33. The maximum absolute atomic E-state index is 10.5. The van der Waals surface area contributed by atoms with Crippen molar-refractivity contribution in [2.24, 2.45) is 0 Å². The summed E-state index contributed by atoms with van der Waals surface area (Å²) < 4.78 is 11.4. The Hall–Kier alpha value is -1.19. The summed E-state index contributed by atoms with van der Waals surface area (Å²) in [7, 11) is 0. The van der Waals surface area contributed by atoms with Gasteiger partial charge in [-0.3, -0.25) is 0 Å². The molecule has 3 heteroatoms. The summed E-state index contributed by atoms with van der Waals surface area (Å²) in [5.41, 5.74) is 2.31. The smallest absolute Gasteiger partial charge is 0.163 e. The standard InChI is InChI=1S/C15H20O3/c1-11(8-9-16)12-4-6-13(7-5-12)14-10-17-15(2,3)18-14/h4-7,9,11,14H,8,10H2,1-3H3. The second-order valence-corrected chi connectivity index (χ2v) is 5.29. The second kappa shape index (κ2) is 5.21. The molecule has 0 aromatic heterocycles. The molecule has 3 nitrogen and oxygen atoms in total. The van der Waals surface area contributed by atoms with Crippen molar-refractivity contribution in [2.75, 3.05) is 6.61 Å². The van der Waals surface area contributed by atoms with Crippen LogP contribution in [0.4, 0.5) is 0 Å². The number of hydrogen-bond donors (Lipinski definition) is 0. The van der Waals surface area contributed by atoms with Crippen molar-refractivity contribution in [2.45, 2.75) is 45.0 Å². The minimum Gasteiger partial charge on any atom is -0.347 e. The summed E-state index contributed by atoms with van der Waals surface area (Å²) in [4.78, 5) is 10.5. The van der Waals surface area contributed by atoms with Gasteiger partial charge in [-0.15, -0.1) is 0 Å². The largest absolute Gasteiger partial charge is 0.347 e. The molecule has 1 aromatic carbocycles. The fourth-order valence-corrected chi connectivity index (χ4v) is 2.17. The van der Waals surface area contributed by atoms with E-state index in [1.54, 1.807) is 0 Å². The number of aldehydes is 1. The molecule has 1 aliphatic heterocycles. The first-order chi connectivity index (χ1) is 8.52. The Labute approximate surface area is 108 Å². The third-order valence-corrected chi connectivity index (χ3v) is 3.34. The molecule has 1 aliphatic rings. The predicted molar refractivity (Wildman–Crippen MR) is 69.4 cm³/mol. The highest BCUT2D eigenvalue weighted by molar-refractivity contribution is 5.51. The Bertz CT molecular complexity index is 408. The van der Waals surface area contributed by atoms with Crippen molar-refractivity contribution < 1.29 is 14.3 Å². The maximum atomic E-state index is 10.5.